The van der Waals surface area contributed by atoms with Gasteiger partial charge in [-0.3, -0.25) is 29.3 Å². The lowest BCUT2D eigenvalue weighted by Crippen LogP contribution is -2.41. The molecule has 2 heterocycles. The molecule has 0 radical (unpaired) electrons. The lowest BCUT2D eigenvalue weighted by atomic mass is 10.1. The van der Waals surface area contributed by atoms with Crippen LogP contribution in [0.5, 0.6) is 0 Å². The number of hydrogen-bond acceptors (Lipinski definition) is 8. The highest BCUT2D eigenvalue weighted by Crippen LogP contribution is 2.29. The van der Waals surface area contributed by atoms with E-state index in [0.29, 0.717) is 32.0 Å². The third-order valence-electron chi connectivity index (χ3n) is 5.81. The van der Waals surface area contributed by atoms with Crippen LogP contribution >= 0.6 is 0 Å². The fourth-order valence-corrected chi connectivity index (χ4v) is 4.00. The molecule has 1 aliphatic heterocycles. The maximum absolute atomic E-state index is 13.6. The molecule has 0 saturated carbocycles. The van der Waals surface area contributed by atoms with Gasteiger partial charge in [-0.25, -0.2) is 4.79 Å². The van der Waals surface area contributed by atoms with Crippen molar-refractivity contribution in [3.63, 3.8) is 0 Å². The zero-order chi connectivity index (χ0) is 25.1. The van der Waals surface area contributed by atoms with Crippen molar-refractivity contribution < 1.29 is 14.5 Å². The Morgan fingerprint density at radius 3 is 2.51 bits per heavy atom. The molecule has 12 nitrogen and oxygen atoms in total. The molecule has 0 spiro atoms. The molecule has 1 saturated heterocycles. The number of carbonyl (C=O) groups excluding carboxylic acids is 1. The topological polar surface area (TPSA) is 157 Å². The predicted octanol–water partition coefficient (Wildman–Crippen LogP) is 1.19. The Morgan fingerprint density at radius 2 is 1.86 bits per heavy atom. The molecule has 1 aromatic heterocycles. The zero-order valence-corrected chi connectivity index (χ0v) is 19.0. The van der Waals surface area contributed by atoms with Gasteiger partial charge < -0.3 is 20.3 Å². The molecule has 35 heavy (non-hydrogen) atoms. The summed E-state index contributed by atoms with van der Waals surface area (Å²) in [5, 5.41) is 11.4. The van der Waals surface area contributed by atoms with Gasteiger partial charge in [0.2, 0.25) is 0 Å². The molecular formula is C23H24N6O6. The van der Waals surface area contributed by atoms with Crippen molar-refractivity contribution in [3.05, 3.63) is 90.6 Å². The number of hydrogen-bond donors (Lipinski definition) is 2. The van der Waals surface area contributed by atoms with E-state index < -0.39 is 22.1 Å². The Balaban J connectivity index is 1.77. The number of rotatable bonds is 6. The fraction of sp³-hybridized carbons (Fsp3) is 0.261. The van der Waals surface area contributed by atoms with Gasteiger partial charge >= 0.3 is 5.69 Å². The van der Waals surface area contributed by atoms with Crippen molar-refractivity contribution >= 4 is 28.8 Å². The van der Waals surface area contributed by atoms with Gasteiger partial charge in [-0.05, 0) is 11.6 Å². The van der Waals surface area contributed by atoms with Crippen LogP contribution in [0.3, 0.4) is 0 Å². The zero-order valence-electron chi connectivity index (χ0n) is 19.0. The van der Waals surface area contributed by atoms with Crippen LogP contribution in [0.1, 0.15) is 15.9 Å². The van der Waals surface area contributed by atoms with Crippen molar-refractivity contribution in [2.24, 2.45) is 0 Å². The summed E-state index contributed by atoms with van der Waals surface area (Å²) in [4.78, 5) is 54.7. The first-order valence-corrected chi connectivity index (χ1v) is 10.8. The normalized spacial score (nSPS) is 13.5. The number of H-pyrrole nitrogens is 1. The van der Waals surface area contributed by atoms with Crippen molar-refractivity contribution in [3.8, 4) is 0 Å². The van der Waals surface area contributed by atoms with E-state index in [1.54, 1.807) is 24.3 Å². The van der Waals surface area contributed by atoms with Gasteiger partial charge in [0, 0.05) is 32.3 Å². The number of amides is 1. The predicted molar refractivity (Wildman–Crippen MR) is 130 cm³/mol. The highest BCUT2D eigenvalue weighted by molar-refractivity contribution is 6.10. The van der Waals surface area contributed by atoms with Crippen LogP contribution in [0, 0.1) is 10.1 Å². The third kappa shape index (κ3) is 4.77. The maximum Gasteiger partial charge on any atom is 0.330 e. The Labute approximate surface area is 199 Å². The third-order valence-corrected chi connectivity index (χ3v) is 5.81. The van der Waals surface area contributed by atoms with Gasteiger partial charge in [-0.1, -0.05) is 30.3 Å². The minimum atomic E-state index is -0.842. The SMILES string of the molecule is CN(C(=O)c1cc([N+](=O)[O-])ccc1N1CCOCC1)c1c(N)n(Cc2ccccc2)c(=O)[nH]c1=O. The van der Waals surface area contributed by atoms with E-state index in [0.717, 1.165) is 15.0 Å². The van der Waals surface area contributed by atoms with E-state index in [9.17, 15) is 24.5 Å². The van der Waals surface area contributed by atoms with Crippen LogP contribution in [0.4, 0.5) is 22.9 Å². The number of carbonyl (C=O) groups is 1. The molecule has 3 aromatic rings. The van der Waals surface area contributed by atoms with E-state index in [2.05, 4.69) is 4.98 Å². The number of nitrogen functional groups attached to an aromatic ring is 1. The lowest BCUT2D eigenvalue weighted by Gasteiger charge is -2.31. The van der Waals surface area contributed by atoms with Crippen LogP contribution in [0.15, 0.2) is 58.1 Å². The van der Waals surface area contributed by atoms with Crippen molar-refractivity contribution in [2.75, 3.05) is 48.9 Å². The van der Waals surface area contributed by atoms with Gasteiger partial charge in [-0.15, -0.1) is 0 Å². The second-order valence-electron chi connectivity index (χ2n) is 7.99. The molecule has 2 aromatic carbocycles. The van der Waals surface area contributed by atoms with Gasteiger partial charge in [0.05, 0.1) is 35.9 Å². The molecule has 4 rings (SSSR count). The number of morpholine rings is 1. The molecule has 1 amide bonds. The summed E-state index contributed by atoms with van der Waals surface area (Å²) in [7, 11) is 1.34. The second-order valence-corrected chi connectivity index (χ2v) is 7.99. The van der Waals surface area contributed by atoms with Crippen molar-refractivity contribution in [2.45, 2.75) is 6.54 Å². The monoisotopic (exact) mass is 480 g/mol. The van der Waals surface area contributed by atoms with Gasteiger partial charge in [-0.2, -0.15) is 0 Å². The summed E-state index contributed by atoms with van der Waals surface area (Å²) in [5.41, 5.74) is 5.43. The number of nitro benzene ring substituents is 1. The van der Waals surface area contributed by atoms with Crippen LogP contribution in [-0.2, 0) is 11.3 Å². The first-order valence-electron chi connectivity index (χ1n) is 10.8. The van der Waals surface area contributed by atoms with E-state index in [1.165, 1.54) is 25.2 Å². The van der Waals surface area contributed by atoms with Gasteiger partial charge in [0.1, 0.15) is 5.82 Å². The summed E-state index contributed by atoms with van der Waals surface area (Å²) < 4.78 is 6.52. The average Bonchev–Trinajstić information content (AvgIpc) is 2.86. The molecule has 12 heteroatoms. The number of nitrogens with two attached hydrogens (primary N) is 1. The number of benzene rings is 2. The molecule has 0 atom stereocenters. The molecule has 0 bridgehead atoms. The Bertz CT molecular complexity index is 1380. The molecule has 0 unspecified atom stereocenters. The van der Waals surface area contributed by atoms with Gasteiger partial charge in [0.25, 0.3) is 17.2 Å². The maximum atomic E-state index is 13.6. The smallest absolute Gasteiger partial charge is 0.330 e. The average molecular weight is 480 g/mol. The summed E-state index contributed by atoms with van der Waals surface area (Å²) in [6, 6.07) is 13.0. The number of aromatic amines is 1. The molecule has 3 N–H and O–H groups in total. The van der Waals surface area contributed by atoms with Crippen molar-refractivity contribution in [1.29, 1.82) is 0 Å². The second kappa shape index (κ2) is 9.81. The largest absolute Gasteiger partial charge is 0.383 e. The number of aromatic nitrogens is 2. The van der Waals surface area contributed by atoms with Crippen LogP contribution in [0.2, 0.25) is 0 Å². The van der Waals surface area contributed by atoms with Crippen LogP contribution in [-0.4, -0.2) is 53.7 Å². The van der Waals surface area contributed by atoms with E-state index >= 15 is 0 Å². The minimum absolute atomic E-state index is 0.0307. The summed E-state index contributed by atoms with van der Waals surface area (Å²) >= 11 is 0. The highest BCUT2D eigenvalue weighted by Gasteiger charge is 2.27. The number of ether oxygens (including phenoxy) is 1. The fourth-order valence-electron chi connectivity index (χ4n) is 4.00. The van der Waals surface area contributed by atoms with Crippen LogP contribution < -0.4 is 26.8 Å². The summed E-state index contributed by atoms with van der Waals surface area (Å²) in [6.07, 6.45) is 0. The number of anilines is 3. The number of nitrogens with one attached hydrogen (secondary N) is 1. The molecule has 0 aliphatic carbocycles. The van der Waals surface area contributed by atoms with E-state index in [-0.39, 0.29) is 29.3 Å². The first-order chi connectivity index (χ1) is 16.8. The lowest BCUT2D eigenvalue weighted by molar-refractivity contribution is -0.384. The van der Waals surface area contributed by atoms with Crippen molar-refractivity contribution in [1.82, 2.24) is 9.55 Å². The summed E-state index contributed by atoms with van der Waals surface area (Å²) in [5.74, 6) is -0.880. The minimum Gasteiger partial charge on any atom is -0.383 e. The highest BCUT2D eigenvalue weighted by atomic mass is 16.6. The first kappa shape index (κ1) is 23.7. The molecule has 1 fully saturated rings. The van der Waals surface area contributed by atoms with Crippen LogP contribution in [0.25, 0.3) is 0 Å². The standard InChI is InChI=1S/C23H24N6O6/c1-26(19-20(24)28(23(32)25-21(19)30)14-15-5-3-2-4-6-15)22(31)17-13-16(29(33)34)7-8-18(17)27-9-11-35-12-10-27/h2-8,13H,9-12,14,24H2,1H3,(H,25,30,32). The Hall–Kier alpha value is -4.45. The quantitative estimate of drug-likeness (QED) is 0.393. The summed E-state index contributed by atoms with van der Waals surface area (Å²) in [6.45, 7) is 1.95. The molecule has 1 aliphatic rings. The molecular weight excluding hydrogens is 456 g/mol. The number of non-ortho nitro benzene ring substituents is 1. The van der Waals surface area contributed by atoms with E-state index in [1.807, 2.05) is 11.0 Å². The Kier molecular flexibility index (Phi) is 6.64. The number of nitro groups is 1. The molecule has 182 valence electrons. The Morgan fingerprint density at radius 1 is 1.17 bits per heavy atom. The number of nitrogens with zero attached hydrogens (tertiary/aromatic N) is 4. The van der Waals surface area contributed by atoms with Gasteiger partial charge in [0.15, 0.2) is 5.69 Å². The van der Waals surface area contributed by atoms with E-state index in [4.69, 9.17) is 10.5 Å².